The van der Waals surface area contributed by atoms with Gasteiger partial charge in [-0.2, -0.15) is 0 Å². The Morgan fingerprint density at radius 1 is 0.951 bits per heavy atom. The van der Waals surface area contributed by atoms with Crippen molar-refractivity contribution in [2.45, 2.75) is 24.7 Å². The van der Waals surface area contributed by atoms with Crippen LogP contribution in [0.5, 0.6) is 5.75 Å². The van der Waals surface area contributed by atoms with Crippen molar-refractivity contribution in [1.29, 1.82) is 0 Å². The molecular formula is C30H28F3N5O3. The van der Waals surface area contributed by atoms with Crippen molar-refractivity contribution >= 4 is 22.5 Å². The number of rotatable bonds is 6. The predicted octanol–water partition coefficient (Wildman–Crippen LogP) is 4.67. The third kappa shape index (κ3) is 5.42. The van der Waals surface area contributed by atoms with Gasteiger partial charge in [-0.15, -0.1) is 13.2 Å². The van der Waals surface area contributed by atoms with Crippen LogP contribution in [0.4, 0.5) is 18.9 Å². The zero-order valence-electron chi connectivity index (χ0n) is 22.3. The number of benzene rings is 3. The number of alkyl halides is 3. The zero-order valence-corrected chi connectivity index (χ0v) is 22.3. The Balaban J connectivity index is 1.34. The lowest BCUT2D eigenvalue weighted by atomic mass is 10.0. The van der Waals surface area contributed by atoms with Gasteiger partial charge in [0.25, 0.3) is 5.56 Å². The highest BCUT2D eigenvalue weighted by Gasteiger charge is 2.55. The zero-order chi connectivity index (χ0) is 28.8. The Kier molecular flexibility index (Phi) is 6.79. The van der Waals surface area contributed by atoms with Gasteiger partial charge >= 0.3 is 6.36 Å². The Bertz CT molecular complexity index is 1660. The fraction of sp³-hybridized carbons (Fsp3) is 0.300. The minimum atomic E-state index is -4.96. The molecule has 0 unspecified atom stereocenters. The second-order valence-corrected chi connectivity index (χ2v) is 10.5. The summed E-state index contributed by atoms with van der Waals surface area (Å²) >= 11 is 0. The van der Waals surface area contributed by atoms with Gasteiger partial charge in [0.2, 0.25) is 5.91 Å². The first-order chi connectivity index (χ1) is 19.6. The van der Waals surface area contributed by atoms with E-state index in [0.717, 1.165) is 30.3 Å². The average Bonchev–Trinajstić information content (AvgIpc) is 3.77. The summed E-state index contributed by atoms with van der Waals surface area (Å²) in [5.41, 5.74) is 1.28. The molecule has 0 bridgehead atoms. The largest absolute Gasteiger partial charge is 0.573 e. The number of amides is 1. The SMILES string of the molecule is CN1CCN(C2(C(=O)Nc3cc(-n4cnc5cc(-c6ccccc6)ccc5c4=O)ccc3OC(F)(F)F)CC2)CC1. The van der Waals surface area contributed by atoms with E-state index in [1.807, 2.05) is 49.5 Å². The van der Waals surface area contributed by atoms with E-state index < -0.39 is 23.2 Å². The minimum Gasteiger partial charge on any atom is -0.404 e. The average molecular weight is 564 g/mol. The highest BCUT2D eigenvalue weighted by molar-refractivity contribution is 6.01. The van der Waals surface area contributed by atoms with Crippen molar-refractivity contribution in [3.8, 4) is 22.6 Å². The molecule has 0 radical (unpaired) electrons. The molecule has 11 heteroatoms. The van der Waals surface area contributed by atoms with Crippen LogP contribution in [0.15, 0.2) is 77.9 Å². The van der Waals surface area contributed by atoms with Crippen LogP contribution in [-0.4, -0.2) is 70.4 Å². The molecule has 1 amide bonds. The number of piperazine rings is 1. The Morgan fingerprint density at radius 2 is 1.68 bits per heavy atom. The molecule has 0 spiro atoms. The normalized spacial score (nSPS) is 17.4. The molecular weight excluding hydrogens is 535 g/mol. The molecule has 41 heavy (non-hydrogen) atoms. The van der Waals surface area contributed by atoms with E-state index in [2.05, 4.69) is 24.8 Å². The summed E-state index contributed by atoms with van der Waals surface area (Å²) < 4.78 is 45.2. The van der Waals surface area contributed by atoms with Crippen LogP contribution in [0.1, 0.15) is 12.8 Å². The Hall–Kier alpha value is -4.22. The lowest BCUT2D eigenvalue weighted by Crippen LogP contribution is -2.54. The van der Waals surface area contributed by atoms with Gasteiger partial charge < -0.3 is 15.0 Å². The molecule has 2 fully saturated rings. The summed E-state index contributed by atoms with van der Waals surface area (Å²) in [5.74, 6) is -0.943. The molecule has 212 valence electrons. The maximum atomic E-state index is 13.4. The fourth-order valence-corrected chi connectivity index (χ4v) is 5.37. The number of hydrogen-bond acceptors (Lipinski definition) is 6. The van der Waals surface area contributed by atoms with Crippen molar-refractivity contribution in [3.05, 3.63) is 83.4 Å². The van der Waals surface area contributed by atoms with E-state index in [4.69, 9.17) is 0 Å². The van der Waals surface area contributed by atoms with Crippen LogP contribution in [0, 0.1) is 0 Å². The number of carbonyl (C=O) groups is 1. The van der Waals surface area contributed by atoms with E-state index >= 15 is 0 Å². The highest BCUT2D eigenvalue weighted by atomic mass is 19.4. The molecule has 1 saturated heterocycles. The number of fused-ring (bicyclic) bond motifs is 1. The summed E-state index contributed by atoms with van der Waals surface area (Å²) in [7, 11) is 2.01. The molecule has 2 aliphatic rings. The fourth-order valence-electron chi connectivity index (χ4n) is 5.37. The molecule has 4 aromatic rings. The predicted molar refractivity (Wildman–Crippen MR) is 149 cm³/mol. The summed E-state index contributed by atoms with van der Waals surface area (Å²) in [6.07, 6.45) is -2.39. The van der Waals surface area contributed by atoms with Crippen molar-refractivity contribution in [2.75, 3.05) is 38.5 Å². The van der Waals surface area contributed by atoms with Crippen LogP contribution in [0.3, 0.4) is 0 Å². The molecule has 6 rings (SSSR count). The number of ether oxygens (including phenoxy) is 1. The number of anilines is 1. The summed E-state index contributed by atoms with van der Waals surface area (Å²) in [6.45, 7) is 3.00. The van der Waals surface area contributed by atoms with Crippen molar-refractivity contribution < 1.29 is 22.7 Å². The lowest BCUT2D eigenvalue weighted by Gasteiger charge is -2.37. The van der Waals surface area contributed by atoms with Gasteiger partial charge in [0.05, 0.1) is 22.3 Å². The van der Waals surface area contributed by atoms with Gasteiger partial charge in [-0.3, -0.25) is 19.1 Å². The third-order valence-electron chi connectivity index (χ3n) is 7.84. The van der Waals surface area contributed by atoms with Gasteiger partial charge in [0.15, 0.2) is 5.75 Å². The number of nitrogens with zero attached hydrogens (tertiary/aromatic N) is 4. The number of carbonyl (C=O) groups excluding carboxylic acids is 1. The summed E-state index contributed by atoms with van der Waals surface area (Å²) in [5, 5.41) is 3.03. The van der Waals surface area contributed by atoms with Gasteiger partial charge in [-0.05, 0) is 61.3 Å². The first-order valence-electron chi connectivity index (χ1n) is 13.4. The monoisotopic (exact) mass is 563 g/mol. The van der Waals surface area contributed by atoms with Crippen molar-refractivity contribution in [3.63, 3.8) is 0 Å². The second-order valence-electron chi connectivity index (χ2n) is 10.5. The standard InChI is InChI=1S/C30H28F3N5O3/c1-36-13-15-37(16-14-36)29(11-12-29)28(40)35-25-18-22(8-10-26(25)41-30(31,32)33)38-19-34-24-17-21(7-9-23(24)27(38)39)20-5-3-2-4-6-20/h2-10,17-19H,11-16H2,1H3,(H,35,40). The van der Waals surface area contributed by atoms with Crippen LogP contribution in [0.2, 0.25) is 0 Å². The van der Waals surface area contributed by atoms with E-state index in [1.54, 1.807) is 6.07 Å². The Labute approximate surface area is 234 Å². The second kappa shape index (κ2) is 10.3. The molecule has 0 atom stereocenters. The first kappa shape index (κ1) is 27.0. The van der Waals surface area contributed by atoms with Crippen LogP contribution in [0.25, 0.3) is 27.7 Å². The molecule has 1 saturated carbocycles. The quantitative estimate of drug-likeness (QED) is 0.368. The number of likely N-dealkylation sites (N-methyl/N-ethyl adjacent to an activating group) is 1. The van der Waals surface area contributed by atoms with Gasteiger partial charge in [-0.1, -0.05) is 36.4 Å². The number of halogens is 3. The molecule has 3 aromatic carbocycles. The molecule has 1 aliphatic carbocycles. The first-order valence-corrected chi connectivity index (χ1v) is 13.4. The van der Waals surface area contributed by atoms with Gasteiger partial charge in [0.1, 0.15) is 11.9 Å². The molecule has 2 heterocycles. The van der Waals surface area contributed by atoms with E-state index in [9.17, 15) is 22.8 Å². The van der Waals surface area contributed by atoms with E-state index in [1.165, 1.54) is 23.0 Å². The summed E-state index contributed by atoms with van der Waals surface area (Å²) in [6, 6.07) is 18.7. The summed E-state index contributed by atoms with van der Waals surface area (Å²) in [4.78, 5) is 35.6. The van der Waals surface area contributed by atoms with Crippen LogP contribution >= 0.6 is 0 Å². The minimum absolute atomic E-state index is 0.170. The van der Waals surface area contributed by atoms with Crippen LogP contribution in [-0.2, 0) is 4.79 Å². The van der Waals surface area contributed by atoms with Crippen LogP contribution < -0.4 is 15.6 Å². The highest BCUT2D eigenvalue weighted by Crippen LogP contribution is 2.44. The maximum absolute atomic E-state index is 13.4. The molecule has 1 aromatic heterocycles. The Morgan fingerprint density at radius 3 is 2.37 bits per heavy atom. The maximum Gasteiger partial charge on any atom is 0.573 e. The van der Waals surface area contributed by atoms with Gasteiger partial charge in [0, 0.05) is 26.2 Å². The number of nitrogens with one attached hydrogen (secondary N) is 1. The topological polar surface area (TPSA) is 79.7 Å². The molecule has 1 aliphatic heterocycles. The molecule has 1 N–H and O–H groups in total. The number of aromatic nitrogens is 2. The van der Waals surface area contributed by atoms with Gasteiger partial charge in [-0.25, -0.2) is 4.98 Å². The van der Waals surface area contributed by atoms with E-state index in [-0.39, 0.29) is 17.3 Å². The van der Waals surface area contributed by atoms with E-state index in [0.29, 0.717) is 36.8 Å². The van der Waals surface area contributed by atoms with Crippen molar-refractivity contribution in [1.82, 2.24) is 19.4 Å². The third-order valence-corrected chi connectivity index (χ3v) is 7.84. The van der Waals surface area contributed by atoms with Crippen molar-refractivity contribution in [2.24, 2.45) is 0 Å². The molecule has 8 nitrogen and oxygen atoms in total. The number of hydrogen-bond donors (Lipinski definition) is 1. The smallest absolute Gasteiger partial charge is 0.404 e. The lowest BCUT2D eigenvalue weighted by molar-refractivity contribution is -0.274.